The Balaban J connectivity index is 2.31. The molecule has 2 rings (SSSR count). The van der Waals surface area contributed by atoms with Gasteiger partial charge in [-0.2, -0.15) is 0 Å². The molecule has 0 saturated carbocycles. The van der Waals surface area contributed by atoms with E-state index in [1.807, 2.05) is 31.2 Å². The van der Waals surface area contributed by atoms with Crippen molar-refractivity contribution in [3.8, 4) is 0 Å². The number of benzene rings is 1. The number of rotatable bonds is 3. The van der Waals surface area contributed by atoms with Crippen LogP contribution in [0.3, 0.4) is 0 Å². The lowest BCUT2D eigenvalue weighted by Crippen LogP contribution is -2.53. The van der Waals surface area contributed by atoms with Crippen molar-refractivity contribution in [1.82, 2.24) is 4.90 Å². The Hall–Kier alpha value is -1.36. The van der Waals surface area contributed by atoms with Crippen LogP contribution in [0.15, 0.2) is 24.3 Å². The van der Waals surface area contributed by atoms with Gasteiger partial charge in [-0.15, -0.1) is 0 Å². The van der Waals surface area contributed by atoms with Crippen molar-refractivity contribution >= 4 is 27.7 Å². The van der Waals surface area contributed by atoms with Crippen LogP contribution in [0.1, 0.15) is 24.5 Å². The Morgan fingerprint density at radius 3 is 2.63 bits per heavy atom. The van der Waals surface area contributed by atoms with E-state index < -0.39 is 11.9 Å². The number of hydrogen-bond donors (Lipinski definition) is 1. The lowest BCUT2D eigenvalue weighted by molar-refractivity contribution is -0.140. The molecular weight excluding hydrogens is 308 g/mol. The third-order valence-electron chi connectivity index (χ3n) is 3.49. The molecule has 19 heavy (non-hydrogen) atoms. The molecule has 1 aromatic rings. The van der Waals surface area contributed by atoms with Crippen LogP contribution in [0.4, 0.5) is 0 Å². The number of carbonyl (C=O) groups is 2. The summed E-state index contributed by atoms with van der Waals surface area (Å²) in [6, 6.07) is 7.31. The molecule has 2 N–H and O–H groups in total. The van der Waals surface area contributed by atoms with Crippen LogP contribution in [-0.4, -0.2) is 27.6 Å². The molecule has 1 aromatic carbocycles. The van der Waals surface area contributed by atoms with E-state index in [0.717, 1.165) is 11.1 Å². The van der Waals surface area contributed by atoms with Crippen molar-refractivity contribution in [2.45, 2.75) is 37.2 Å². The van der Waals surface area contributed by atoms with Crippen molar-refractivity contribution in [2.75, 3.05) is 0 Å². The molecule has 5 heteroatoms. The van der Waals surface area contributed by atoms with Gasteiger partial charge in [0.2, 0.25) is 11.8 Å². The van der Waals surface area contributed by atoms with Crippen LogP contribution in [0.2, 0.25) is 0 Å². The zero-order valence-corrected chi connectivity index (χ0v) is 12.4. The highest BCUT2D eigenvalue weighted by molar-refractivity contribution is 9.10. The summed E-state index contributed by atoms with van der Waals surface area (Å²) in [5, 5.41) is 0. The number of alkyl halides is 1. The second-order valence-electron chi connectivity index (χ2n) is 4.73. The molecule has 0 spiro atoms. The van der Waals surface area contributed by atoms with Gasteiger partial charge in [0.25, 0.3) is 0 Å². The molecule has 0 fully saturated rings. The SMILES string of the molecule is CCC(Br)C(=O)N1Cc2ccccc2C[C@H]1C(N)=O. The van der Waals surface area contributed by atoms with Crippen LogP contribution in [0, 0.1) is 0 Å². The quantitative estimate of drug-likeness (QED) is 0.858. The van der Waals surface area contributed by atoms with E-state index in [-0.39, 0.29) is 10.7 Å². The van der Waals surface area contributed by atoms with Crippen LogP contribution in [-0.2, 0) is 22.6 Å². The number of hydrogen-bond acceptors (Lipinski definition) is 2. The third kappa shape index (κ3) is 2.81. The minimum atomic E-state index is -0.547. The lowest BCUT2D eigenvalue weighted by atomic mass is 9.93. The molecule has 0 aromatic heterocycles. The fourth-order valence-electron chi connectivity index (χ4n) is 2.36. The Kier molecular flexibility index (Phi) is 4.24. The molecule has 102 valence electrons. The molecule has 0 saturated heterocycles. The van der Waals surface area contributed by atoms with Gasteiger partial charge in [-0.25, -0.2) is 0 Å². The van der Waals surface area contributed by atoms with Gasteiger partial charge in [-0.1, -0.05) is 47.1 Å². The van der Waals surface area contributed by atoms with E-state index in [4.69, 9.17) is 5.73 Å². The van der Waals surface area contributed by atoms with E-state index in [9.17, 15) is 9.59 Å². The van der Waals surface area contributed by atoms with Gasteiger partial charge in [0.05, 0.1) is 4.83 Å². The normalized spacial score (nSPS) is 19.7. The maximum atomic E-state index is 12.3. The molecule has 1 aliphatic rings. The molecule has 1 aliphatic heterocycles. The van der Waals surface area contributed by atoms with Gasteiger partial charge in [0, 0.05) is 13.0 Å². The molecule has 1 heterocycles. The first kappa shape index (κ1) is 14.1. The maximum absolute atomic E-state index is 12.3. The van der Waals surface area contributed by atoms with Crippen molar-refractivity contribution < 1.29 is 9.59 Å². The van der Waals surface area contributed by atoms with Gasteiger partial charge < -0.3 is 10.6 Å². The summed E-state index contributed by atoms with van der Waals surface area (Å²) in [5.41, 5.74) is 7.63. The van der Waals surface area contributed by atoms with Crippen molar-refractivity contribution in [2.24, 2.45) is 5.73 Å². The second kappa shape index (κ2) is 5.74. The third-order valence-corrected chi connectivity index (χ3v) is 4.53. The lowest BCUT2D eigenvalue weighted by Gasteiger charge is -2.36. The second-order valence-corrected chi connectivity index (χ2v) is 5.84. The van der Waals surface area contributed by atoms with Gasteiger partial charge in [0.15, 0.2) is 0 Å². The molecule has 0 bridgehead atoms. The summed E-state index contributed by atoms with van der Waals surface area (Å²) in [6.07, 6.45) is 1.18. The van der Waals surface area contributed by atoms with Crippen LogP contribution >= 0.6 is 15.9 Å². The predicted octanol–water partition coefficient (Wildman–Crippen LogP) is 1.60. The average Bonchev–Trinajstić information content (AvgIpc) is 2.44. The number of nitrogens with two attached hydrogens (primary N) is 1. The predicted molar refractivity (Wildman–Crippen MR) is 76.7 cm³/mol. The topological polar surface area (TPSA) is 63.4 Å². The Morgan fingerprint density at radius 1 is 1.42 bits per heavy atom. The average molecular weight is 325 g/mol. The molecule has 2 atom stereocenters. The summed E-state index contributed by atoms with van der Waals surface area (Å²) in [5.74, 6) is -0.514. The molecule has 0 aliphatic carbocycles. The summed E-state index contributed by atoms with van der Waals surface area (Å²) in [4.78, 5) is 25.3. The highest BCUT2D eigenvalue weighted by atomic mass is 79.9. The summed E-state index contributed by atoms with van der Waals surface area (Å²) in [6.45, 7) is 2.37. The van der Waals surface area contributed by atoms with E-state index in [1.54, 1.807) is 4.90 Å². The number of carbonyl (C=O) groups excluding carboxylic acids is 2. The molecule has 4 nitrogen and oxygen atoms in total. The molecule has 2 amide bonds. The summed E-state index contributed by atoms with van der Waals surface area (Å²) >= 11 is 3.35. The Morgan fingerprint density at radius 2 is 2.05 bits per heavy atom. The summed E-state index contributed by atoms with van der Waals surface area (Å²) < 4.78 is 0. The minimum Gasteiger partial charge on any atom is -0.368 e. The van der Waals surface area contributed by atoms with E-state index >= 15 is 0 Å². The number of fused-ring (bicyclic) bond motifs is 1. The van der Waals surface area contributed by atoms with E-state index in [1.165, 1.54) is 0 Å². The first-order valence-electron chi connectivity index (χ1n) is 6.35. The van der Waals surface area contributed by atoms with Gasteiger partial charge in [-0.3, -0.25) is 9.59 Å². The molecule has 0 radical (unpaired) electrons. The van der Waals surface area contributed by atoms with Gasteiger partial charge in [-0.05, 0) is 17.5 Å². The van der Waals surface area contributed by atoms with Crippen LogP contribution < -0.4 is 5.73 Å². The van der Waals surface area contributed by atoms with Gasteiger partial charge >= 0.3 is 0 Å². The van der Waals surface area contributed by atoms with Crippen molar-refractivity contribution in [3.63, 3.8) is 0 Å². The zero-order chi connectivity index (χ0) is 14.0. The number of primary amides is 1. The fourth-order valence-corrected chi connectivity index (χ4v) is 2.63. The van der Waals surface area contributed by atoms with Crippen LogP contribution in [0.25, 0.3) is 0 Å². The van der Waals surface area contributed by atoms with Crippen molar-refractivity contribution in [3.05, 3.63) is 35.4 Å². The number of nitrogens with zero attached hydrogens (tertiary/aromatic N) is 1. The van der Waals surface area contributed by atoms with Gasteiger partial charge in [0.1, 0.15) is 6.04 Å². The largest absolute Gasteiger partial charge is 0.368 e. The maximum Gasteiger partial charge on any atom is 0.240 e. The molecular formula is C14H17BrN2O2. The first-order valence-corrected chi connectivity index (χ1v) is 7.26. The Labute approximate surface area is 121 Å². The van der Waals surface area contributed by atoms with Crippen LogP contribution in [0.5, 0.6) is 0 Å². The Bertz CT molecular complexity index is 504. The standard InChI is InChI=1S/C14H17BrN2O2/c1-2-11(15)14(19)17-8-10-6-4-3-5-9(10)7-12(17)13(16)18/h3-6,11-12H,2,7-8H2,1H3,(H2,16,18)/t11?,12-/m0/s1. The van der Waals surface area contributed by atoms with E-state index in [0.29, 0.717) is 19.4 Å². The van der Waals surface area contributed by atoms with E-state index in [2.05, 4.69) is 15.9 Å². The van der Waals surface area contributed by atoms with Crippen molar-refractivity contribution in [1.29, 1.82) is 0 Å². The number of amides is 2. The summed E-state index contributed by atoms with van der Waals surface area (Å²) in [7, 11) is 0. The minimum absolute atomic E-state index is 0.0687. The smallest absolute Gasteiger partial charge is 0.240 e. The highest BCUT2D eigenvalue weighted by Crippen LogP contribution is 2.25. The number of halogens is 1. The molecule has 1 unspecified atom stereocenters. The first-order chi connectivity index (χ1) is 9.04. The highest BCUT2D eigenvalue weighted by Gasteiger charge is 2.35. The monoisotopic (exact) mass is 324 g/mol. The zero-order valence-electron chi connectivity index (χ0n) is 10.8. The fraction of sp³-hybridized carbons (Fsp3) is 0.429.